The topological polar surface area (TPSA) is 47.6 Å². The third-order valence-corrected chi connectivity index (χ3v) is 2.71. The van der Waals surface area contributed by atoms with Crippen molar-refractivity contribution >= 4 is 6.29 Å². The predicted molar refractivity (Wildman–Crippen MR) is 60.0 cm³/mol. The van der Waals surface area contributed by atoms with Crippen LogP contribution >= 0.6 is 0 Å². The van der Waals surface area contributed by atoms with Gasteiger partial charge in [0.25, 0.3) is 0 Å². The zero-order valence-electron chi connectivity index (χ0n) is 9.45. The predicted octanol–water partition coefficient (Wildman–Crippen LogP) is 1.23. The van der Waals surface area contributed by atoms with Gasteiger partial charge >= 0.3 is 0 Å². The molecule has 0 bridgehead atoms. The van der Waals surface area contributed by atoms with Crippen LogP contribution < -0.4 is 14.8 Å². The molecule has 1 unspecified atom stereocenters. The minimum atomic E-state index is -0.296. The van der Waals surface area contributed by atoms with Crippen LogP contribution in [0.1, 0.15) is 17.2 Å². The van der Waals surface area contributed by atoms with E-state index in [1.807, 2.05) is 19.1 Å². The van der Waals surface area contributed by atoms with E-state index in [2.05, 4.69) is 5.32 Å². The molecule has 1 aromatic carbocycles. The van der Waals surface area contributed by atoms with Crippen LogP contribution in [0.2, 0.25) is 0 Å². The highest BCUT2D eigenvalue weighted by atomic mass is 16.6. The number of aldehydes is 1. The number of nitrogens with one attached hydrogen (secondary N) is 1. The average molecular weight is 221 g/mol. The summed E-state index contributed by atoms with van der Waals surface area (Å²) in [5.41, 5.74) is 1.96. The summed E-state index contributed by atoms with van der Waals surface area (Å²) in [5.74, 6) is 1.47. The lowest BCUT2D eigenvalue weighted by atomic mass is 10.0. The van der Waals surface area contributed by atoms with E-state index in [-0.39, 0.29) is 6.04 Å². The van der Waals surface area contributed by atoms with Gasteiger partial charge in [-0.2, -0.15) is 0 Å². The fourth-order valence-electron chi connectivity index (χ4n) is 1.84. The van der Waals surface area contributed by atoms with Crippen molar-refractivity contribution in [3.63, 3.8) is 0 Å². The van der Waals surface area contributed by atoms with Gasteiger partial charge in [-0.25, -0.2) is 0 Å². The SMILES string of the molecule is CNC(C=O)c1cc2c(cc1C)OCCO2. The normalized spacial score (nSPS) is 15.6. The number of hydrogen-bond acceptors (Lipinski definition) is 4. The van der Waals surface area contributed by atoms with Gasteiger partial charge in [0.05, 0.1) is 6.04 Å². The molecule has 1 aromatic rings. The number of fused-ring (bicyclic) bond motifs is 1. The molecule has 0 spiro atoms. The summed E-state index contributed by atoms with van der Waals surface area (Å²) in [6, 6.07) is 3.49. The molecular formula is C12H15NO3. The van der Waals surface area contributed by atoms with Crippen LogP contribution in [0.4, 0.5) is 0 Å². The summed E-state index contributed by atoms with van der Waals surface area (Å²) in [5, 5.41) is 2.95. The lowest BCUT2D eigenvalue weighted by Gasteiger charge is -2.21. The van der Waals surface area contributed by atoms with E-state index >= 15 is 0 Å². The molecule has 1 aliphatic rings. The number of benzene rings is 1. The Hall–Kier alpha value is -1.55. The first-order valence-corrected chi connectivity index (χ1v) is 5.29. The second-order valence-electron chi connectivity index (χ2n) is 3.75. The smallest absolute Gasteiger partial charge is 0.161 e. The van der Waals surface area contributed by atoms with E-state index in [4.69, 9.17) is 9.47 Å². The van der Waals surface area contributed by atoms with E-state index < -0.39 is 0 Å². The largest absolute Gasteiger partial charge is 0.486 e. The van der Waals surface area contributed by atoms with Crippen molar-refractivity contribution in [3.05, 3.63) is 23.3 Å². The molecule has 2 rings (SSSR count). The van der Waals surface area contributed by atoms with Gasteiger partial charge in [-0.05, 0) is 37.2 Å². The van der Waals surface area contributed by atoms with Crippen LogP contribution in [0.3, 0.4) is 0 Å². The van der Waals surface area contributed by atoms with Crippen molar-refractivity contribution in [1.29, 1.82) is 0 Å². The van der Waals surface area contributed by atoms with Crippen molar-refractivity contribution in [2.75, 3.05) is 20.3 Å². The van der Waals surface area contributed by atoms with Crippen LogP contribution in [-0.2, 0) is 4.79 Å². The summed E-state index contributed by atoms with van der Waals surface area (Å²) < 4.78 is 11.0. The molecule has 1 heterocycles. The van der Waals surface area contributed by atoms with Crippen LogP contribution in [-0.4, -0.2) is 26.5 Å². The molecule has 1 atom stereocenters. The number of carbonyl (C=O) groups is 1. The van der Waals surface area contributed by atoms with Gasteiger partial charge in [0.15, 0.2) is 11.5 Å². The minimum absolute atomic E-state index is 0.296. The Balaban J connectivity index is 2.42. The molecule has 1 N–H and O–H groups in total. The van der Waals surface area contributed by atoms with Gasteiger partial charge in [0.2, 0.25) is 0 Å². The second-order valence-corrected chi connectivity index (χ2v) is 3.75. The van der Waals surface area contributed by atoms with Crippen LogP contribution in [0.15, 0.2) is 12.1 Å². The fourth-order valence-corrected chi connectivity index (χ4v) is 1.84. The molecule has 86 valence electrons. The average Bonchev–Trinajstić information content (AvgIpc) is 2.31. The molecule has 0 saturated carbocycles. The standard InChI is InChI=1S/C12H15NO3/c1-8-5-11-12(16-4-3-15-11)6-9(8)10(7-14)13-2/h5-7,10,13H,3-4H2,1-2H3. The number of carbonyl (C=O) groups excluding carboxylic acids is 1. The van der Waals surface area contributed by atoms with E-state index in [1.165, 1.54) is 0 Å². The van der Waals surface area contributed by atoms with Crippen molar-refractivity contribution in [2.45, 2.75) is 13.0 Å². The summed E-state index contributed by atoms with van der Waals surface area (Å²) in [6.07, 6.45) is 0.887. The first-order chi connectivity index (χ1) is 7.76. The molecule has 0 aliphatic carbocycles. The van der Waals surface area contributed by atoms with E-state index in [0.717, 1.165) is 23.2 Å². The summed E-state index contributed by atoms with van der Waals surface area (Å²) in [6.45, 7) is 3.09. The number of rotatable bonds is 3. The monoisotopic (exact) mass is 221 g/mol. The molecule has 0 aromatic heterocycles. The van der Waals surface area contributed by atoms with E-state index in [0.29, 0.717) is 19.0 Å². The van der Waals surface area contributed by atoms with Gasteiger partial charge in [-0.1, -0.05) is 0 Å². The van der Waals surface area contributed by atoms with Gasteiger partial charge in [0.1, 0.15) is 19.5 Å². The van der Waals surface area contributed by atoms with Crippen molar-refractivity contribution in [1.82, 2.24) is 5.32 Å². The first kappa shape index (κ1) is 11.0. The zero-order chi connectivity index (χ0) is 11.5. The van der Waals surface area contributed by atoms with Crippen LogP contribution in [0, 0.1) is 6.92 Å². The van der Waals surface area contributed by atoms with E-state index in [1.54, 1.807) is 7.05 Å². The minimum Gasteiger partial charge on any atom is -0.486 e. The third kappa shape index (κ3) is 1.88. The summed E-state index contributed by atoms with van der Waals surface area (Å²) in [4.78, 5) is 10.9. The van der Waals surface area contributed by atoms with Gasteiger partial charge in [-0.15, -0.1) is 0 Å². The molecular weight excluding hydrogens is 206 g/mol. The van der Waals surface area contributed by atoms with Crippen LogP contribution in [0.25, 0.3) is 0 Å². The maximum Gasteiger partial charge on any atom is 0.161 e. The molecule has 0 saturated heterocycles. The van der Waals surface area contributed by atoms with Gasteiger partial charge in [0, 0.05) is 0 Å². The quantitative estimate of drug-likeness (QED) is 0.780. The van der Waals surface area contributed by atoms with Crippen molar-refractivity contribution < 1.29 is 14.3 Å². The van der Waals surface area contributed by atoms with Crippen LogP contribution in [0.5, 0.6) is 11.5 Å². The number of ether oxygens (including phenoxy) is 2. The van der Waals surface area contributed by atoms with Gasteiger partial charge in [-0.3, -0.25) is 0 Å². The Kier molecular flexibility index (Phi) is 3.10. The van der Waals surface area contributed by atoms with E-state index in [9.17, 15) is 4.79 Å². The maximum atomic E-state index is 10.9. The molecule has 1 aliphatic heterocycles. The number of hydrogen-bond donors (Lipinski definition) is 1. The zero-order valence-corrected chi connectivity index (χ0v) is 9.45. The Morgan fingerprint density at radius 2 is 1.94 bits per heavy atom. The lowest BCUT2D eigenvalue weighted by molar-refractivity contribution is -0.109. The Morgan fingerprint density at radius 3 is 2.50 bits per heavy atom. The molecule has 0 amide bonds. The fraction of sp³-hybridized carbons (Fsp3) is 0.417. The highest BCUT2D eigenvalue weighted by Crippen LogP contribution is 2.34. The second kappa shape index (κ2) is 4.53. The third-order valence-electron chi connectivity index (χ3n) is 2.71. The molecule has 4 nitrogen and oxygen atoms in total. The first-order valence-electron chi connectivity index (χ1n) is 5.29. The molecule has 16 heavy (non-hydrogen) atoms. The lowest BCUT2D eigenvalue weighted by Crippen LogP contribution is -2.20. The highest BCUT2D eigenvalue weighted by molar-refractivity contribution is 5.64. The van der Waals surface area contributed by atoms with Crippen molar-refractivity contribution in [2.24, 2.45) is 0 Å². The molecule has 4 heteroatoms. The summed E-state index contributed by atoms with van der Waals surface area (Å²) >= 11 is 0. The Morgan fingerprint density at radius 1 is 1.31 bits per heavy atom. The van der Waals surface area contributed by atoms with Crippen molar-refractivity contribution in [3.8, 4) is 11.5 Å². The number of likely N-dealkylation sites (N-methyl/N-ethyl adjacent to an activating group) is 1. The highest BCUT2D eigenvalue weighted by Gasteiger charge is 2.18. The summed E-state index contributed by atoms with van der Waals surface area (Å²) in [7, 11) is 1.76. The molecule has 0 radical (unpaired) electrons. The Bertz CT molecular complexity index is 403. The maximum absolute atomic E-state index is 10.9. The van der Waals surface area contributed by atoms with Gasteiger partial charge < -0.3 is 19.6 Å². The Labute approximate surface area is 94.6 Å². The molecule has 0 fully saturated rings. The number of aryl methyl sites for hydroxylation is 1.